The number of amides is 1. The molecule has 0 unspecified atom stereocenters. The van der Waals surface area contributed by atoms with E-state index in [1.165, 1.54) is 51.4 Å². The van der Waals surface area contributed by atoms with Crippen molar-refractivity contribution in [1.29, 1.82) is 0 Å². The van der Waals surface area contributed by atoms with Crippen molar-refractivity contribution in [3.63, 3.8) is 0 Å². The minimum atomic E-state index is 0.154. The maximum atomic E-state index is 13.3. The molecule has 3 fully saturated rings. The van der Waals surface area contributed by atoms with Gasteiger partial charge in [0.05, 0.1) is 10.9 Å². The molecule has 1 heterocycles. The van der Waals surface area contributed by atoms with Crippen LogP contribution in [0.3, 0.4) is 0 Å². The number of benzene rings is 1. The van der Waals surface area contributed by atoms with E-state index >= 15 is 0 Å². The standard InChI is InChI=1S/C22H27BrN2OS/c23-17-9-7-8-16(14-17)15-20-21(26)25(19-12-5-2-6-13-19)22(27-20)24-18-10-3-1-4-11-18/h7-9,14-15,18-19H,1-6,10-13H2. The van der Waals surface area contributed by atoms with Crippen LogP contribution < -0.4 is 0 Å². The van der Waals surface area contributed by atoms with Crippen LogP contribution in [0.2, 0.25) is 0 Å². The second kappa shape index (κ2) is 8.95. The summed E-state index contributed by atoms with van der Waals surface area (Å²) in [5, 5.41) is 0.958. The van der Waals surface area contributed by atoms with Crippen molar-refractivity contribution >= 4 is 44.8 Å². The molecule has 27 heavy (non-hydrogen) atoms. The molecule has 0 radical (unpaired) electrons. The fourth-order valence-corrected chi connectivity index (χ4v) is 5.88. The first kappa shape index (κ1) is 19.3. The smallest absolute Gasteiger partial charge is 0.266 e. The summed E-state index contributed by atoms with van der Waals surface area (Å²) in [5.41, 5.74) is 1.06. The van der Waals surface area contributed by atoms with Gasteiger partial charge in [0.1, 0.15) is 0 Å². The maximum Gasteiger partial charge on any atom is 0.266 e. The molecule has 3 nitrogen and oxygen atoms in total. The summed E-state index contributed by atoms with van der Waals surface area (Å²) < 4.78 is 1.03. The molecule has 2 saturated carbocycles. The van der Waals surface area contributed by atoms with E-state index < -0.39 is 0 Å². The molecule has 2 aliphatic carbocycles. The molecule has 0 N–H and O–H groups in total. The van der Waals surface area contributed by atoms with Crippen molar-refractivity contribution in [1.82, 2.24) is 4.90 Å². The first-order valence-electron chi connectivity index (χ1n) is 10.3. The molecule has 144 valence electrons. The van der Waals surface area contributed by atoms with E-state index in [0.29, 0.717) is 12.1 Å². The second-order valence-corrected chi connectivity index (χ2v) is 9.76. The Hall–Kier alpha value is -1.07. The minimum absolute atomic E-state index is 0.154. The van der Waals surface area contributed by atoms with Gasteiger partial charge in [-0.15, -0.1) is 0 Å². The summed E-state index contributed by atoms with van der Waals surface area (Å²) in [7, 11) is 0. The topological polar surface area (TPSA) is 32.7 Å². The van der Waals surface area contributed by atoms with E-state index in [4.69, 9.17) is 4.99 Å². The lowest BCUT2D eigenvalue weighted by molar-refractivity contribution is -0.124. The molecule has 0 bridgehead atoms. The monoisotopic (exact) mass is 446 g/mol. The van der Waals surface area contributed by atoms with Crippen LogP contribution in [-0.2, 0) is 4.79 Å². The van der Waals surface area contributed by atoms with Crippen LogP contribution in [0.15, 0.2) is 38.6 Å². The predicted molar refractivity (Wildman–Crippen MR) is 118 cm³/mol. The van der Waals surface area contributed by atoms with Crippen molar-refractivity contribution in [3.05, 3.63) is 39.2 Å². The number of hydrogen-bond acceptors (Lipinski definition) is 3. The Labute approximate surface area is 174 Å². The molecule has 3 aliphatic rings. The van der Waals surface area contributed by atoms with E-state index in [0.717, 1.165) is 33.0 Å². The number of thioether (sulfide) groups is 1. The Bertz CT molecular complexity index is 748. The van der Waals surface area contributed by atoms with Crippen LogP contribution in [0.25, 0.3) is 6.08 Å². The van der Waals surface area contributed by atoms with Crippen LogP contribution in [-0.4, -0.2) is 28.1 Å². The van der Waals surface area contributed by atoms with Gasteiger partial charge < -0.3 is 0 Å². The third kappa shape index (κ3) is 4.68. The first-order valence-corrected chi connectivity index (χ1v) is 11.9. The number of hydrogen-bond donors (Lipinski definition) is 0. The highest BCUT2D eigenvalue weighted by molar-refractivity contribution is 9.10. The molecule has 1 aromatic carbocycles. The van der Waals surface area contributed by atoms with Gasteiger partial charge in [0, 0.05) is 10.5 Å². The summed E-state index contributed by atoms with van der Waals surface area (Å²) in [4.78, 5) is 21.2. The Morgan fingerprint density at radius 2 is 1.74 bits per heavy atom. The van der Waals surface area contributed by atoms with Crippen molar-refractivity contribution < 1.29 is 4.79 Å². The lowest BCUT2D eigenvalue weighted by Crippen LogP contribution is -2.41. The molecule has 1 aliphatic heterocycles. The number of halogens is 1. The molecule has 4 rings (SSSR count). The third-order valence-electron chi connectivity index (χ3n) is 5.79. The molecule has 0 aromatic heterocycles. The van der Waals surface area contributed by atoms with Crippen molar-refractivity contribution in [2.45, 2.75) is 76.3 Å². The maximum absolute atomic E-state index is 13.3. The Morgan fingerprint density at radius 1 is 1.04 bits per heavy atom. The van der Waals surface area contributed by atoms with Crippen LogP contribution in [0, 0.1) is 0 Å². The lowest BCUT2D eigenvalue weighted by atomic mass is 9.94. The molecule has 1 amide bonds. The molecule has 1 aromatic rings. The van der Waals surface area contributed by atoms with Crippen molar-refractivity contribution in [2.75, 3.05) is 0 Å². The van der Waals surface area contributed by atoms with Gasteiger partial charge in [-0.05, 0) is 61.2 Å². The number of amidine groups is 1. The largest absolute Gasteiger partial charge is 0.284 e. The average Bonchev–Trinajstić information content (AvgIpc) is 2.98. The van der Waals surface area contributed by atoms with Gasteiger partial charge >= 0.3 is 0 Å². The first-order chi connectivity index (χ1) is 13.2. The fourth-order valence-electron chi connectivity index (χ4n) is 4.35. The van der Waals surface area contributed by atoms with Gasteiger partial charge in [-0.3, -0.25) is 14.7 Å². The minimum Gasteiger partial charge on any atom is -0.284 e. The van der Waals surface area contributed by atoms with Crippen LogP contribution in [0.5, 0.6) is 0 Å². The molecule has 0 spiro atoms. The zero-order valence-corrected chi connectivity index (χ0v) is 18.1. The van der Waals surface area contributed by atoms with Crippen molar-refractivity contribution in [2.24, 2.45) is 4.99 Å². The highest BCUT2D eigenvalue weighted by atomic mass is 79.9. The van der Waals surface area contributed by atoms with Gasteiger partial charge in [-0.1, -0.05) is 66.6 Å². The van der Waals surface area contributed by atoms with Crippen LogP contribution in [0.4, 0.5) is 0 Å². The zero-order valence-electron chi connectivity index (χ0n) is 15.7. The van der Waals surface area contributed by atoms with Crippen LogP contribution in [0.1, 0.15) is 69.8 Å². The number of rotatable bonds is 3. The molecular formula is C22H27BrN2OS. The van der Waals surface area contributed by atoms with E-state index in [1.807, 2.05) is 29.2 Å². The molecular weight excluding hydrogens is 420 g/mol. The predicted octanol–water partition coefficient (Wildman–Crippen LogP) is 6.39. The second-order valence-electron chi connectivity index (χ2n) is 7.84. The molecule has 5 heteroatoms. The summed E-state index contributed by atoms with van der Waals surface area (Å²) in [6, 6.07) is 8.85. The van der Waals surface area contributed by atoms with E-state index in [2.05, 4.69) is 22.0 Å². The van der Waals surface area contributed by atoms with Gasteiger partial charge in [0.25, 0.3) is 5.91 Å². The summed E-state index contributed by atoms with van der Waals surface area (Å²) in [5.74, 6) is 0.154. The highest BCUT2D eigenvalue weighted by Crippen LogP contribution is 2.38. The van der Waals surface area contributed by atoms with Crippen molar-refractivity contribution in [3.8, 4) is 0 Å². The van der Waals surface area contributed by atoms with E-state index in [1.54, 1.807) is 11.8 Å². The molecule has 0 atom stereocenters. The summed E-state index contributed by atoms with van der Waals surface area (Å²) >= 11 is 5.11. The lowest BCUT2D eigenvalue weighted by Gasteiger charge is -2.31. The Kier molecular flexibility index (Phi) is 6.39. The quantitative estimate of drug-likeness (QED) is 0.503. The third-order valence-corrected chi connectivity index (χ3v) is 7.28. The zero-order chi connectivity index (χ0) is 18.6. The van der Waals surface area contributed by atoms with Crippen LogP contribution >= 0.6 is 27.7 Å². The summed E-state index contributed by atoms with van der Waals surface area (Å²) in [6.45, 7) is 0. The van der Waals surface area contributed by atoms with Gasteiger partial charge in [0.2, 0.25) is 0 Å². The van der Waals surface area contributed by atoms with Gasteiger partial charge in [-0.25, -0.2) is 0 Å². The number of aliphatic imine (C=N–C) groups is 1. The Morgan fingerprint density at radius 3 is 2.44 bits per heavy atom. The SMILES string of the molecule is O=C1C(=Cc2cccc(Br)c2)SC(=NC2CCCCC2)N1C1CCCCC1. The van der Waals surface area contributed by atoms with Gasteiger partial charge in [-0.2, -0.15) is 0 Å². The number of carbonyl (C=O) groups excluding carboxylic acids is 1. The summed E-state index contributed by atoms with van der Waals surface area (Å²) in [6.07, 6.45) is 14.2. The van der Waals surface area contributed by atoms with E-state index in [-0.39, 0.29) is 5.91 Å². The molecule has 1 saturated heterocycles. The highest BCUT2D eigenvalue weighted by Gasteiger charge is 2.39. The number of nitrogens with zero attached hydrogens (tertiary/aromatic N) is 2. The van der Waals surface area contributed by atoms with Gasteiger partial charge in [0.15, 0.2) is 5.17 Å². The van der Waals surface area contributed by atoms with E-state index in [9.17, 15) is 4.79 Å². The number of carbonyl (C=O) groups is 1. The average molecular weight is 447 g/mol. The normalized spacial score (nSPS) is 25.7. The Balaban J connectivity index is 1.63. The fraction of sp³-hybridized carbons (Fsp3) is 0.545.